The van der Waals surface area contributed by atoms with E-state index in [0.717, 1.165) is 53.4 Å². The molecule has 0 bridgehead atoms. The van der Waals surface area contributed by atoms with Crippen LogP contribution in [-0.2, 0) is 9.59 Å². The fourth-order valence-corrected chi connectivity index (χ4v) is 5.04. The number of imide groups is 1. The standard InChI is InChI=1S/C23H27N5O3/c1-14-22-18(16-11-24-27(12-16)17-7-5-15(13-29)6-8-17)3-2-4-19(22)28(26-14)20-9-10-21(30)25-23(20)31/h2-4,11-12,15,17,20,29H,5-10,13H2,1H3,(H,25,30,31). The van der Waals surface area contributed by atoms with Crippen molar-refractivity contribution in [2.75, 3.05) is 6.61 Å². The summed E-state index contributed by atoms with van der Waals surface area (Å²) in [5.41, 5.74) is 3.82. The molecular formula is C23H27N5O3. The van der Waals surface area contributed by atoms with Crippen LogP contribution in [0.5, 0.6) is 0 Å². The summed E-state index contributed by atoms with van der Waals surface area (Å²) in [6.45, 7) is 2.23. The summed E-state index contributed by atoms with van der Waals surface area (Å²) in [5, 5.41) is 22.1. The Morgan fingerprint density at radius 1 is 1.16 bits per heavy atom. The molecule has 162 valence electrons. The second-order valence-corrected chi connectivity index (χ2v) is 8.76. The predicted molar refractivity (Wildman–Crippen MR) is 115 cm³/mol. The Bertz CT molecular complexity index is 1140. The third-order valence-corrected chi connectivity index (χ3v) is 6.78. The molecule has 2 aromatic heterocycles. The quantitative estimate of drug-likeness (QED) is 0.631. The first-order valence-corrected chi connectivity index (χ1v) is 11.0. The maximum Gasteiger partial charge on any atom is 0.251 e. The number of aromatic nitrogens is 4. The topological polar surface area (TPSA) is 102 Å². The molecule has 5 rings (SSSR count). The van der Waals surface area contributed by atoms with Gasteiger partial charge in [0, 0.05) is 30.2 Å². The third-order valence-electron chi connectivity index (χ3n) is 6.78. The minimum atomic E-state index is -0.478. The highest BCUT2D eigenvalue weighted by molar-refractivity contribution is 6.01. The molecule has 1 unspecified atom stereocenters. The largest absolute Gasteiger partial charge is 0.396 e. The van der Waals surface area contributed by atoms with Gasteiger partial charge >= 0.3 is 0 Å². The fraction of sp³-hybridized carbons (Fsp3) is 0.478. The van der Waals surface area contributed by atoms with Gasteiger partial charge in [0.25, 0.3) is 5.91 Å². The SMILES string of the molecule is Cc1nn(C2CCC(=O)NC2=O)c2cccc(-c3cnn(C4CCC(CO)CC4)c3)c12. The van der Waals surface area contributed by atoms with Crippen LogP contribution in [0.15, 0.2) is 30.6 Å². The Labute approximate surface area is 180 Å². The van der Waals surface area contributed by atoms with E-state index in [2.05, 4.69) is 32.5 Å². The van der Waals surface area contributed by atoms with E-state index < -0.39 is 6.04 Å². The molecule has 2 N–H and O–H groups in total. The van der Waals surface area contributed by atoms with E-state index >= 15 is 0 Å². The summed E-state index contributed by atoms with van der Waals surface area (Å²) in [5.74, 6) is -0.103. The molecule has 31 heavy (non-hydrogen) atoms. The molecular weight excluding hydrogens is 394 g/mol. The van der Waals surface area contributed by atoms with Crippen LogP contribution >= 0.6 is 0 Å². The van der Waals surface area contributed by atoms with Crippen molar-refractivity contribution in [2.45, 2.75) is 57.5 Å². The van der Waals surface area contributed by atoms with E-state index in [1.54, 1.807) is 4.68 Å². The van der Waals surface area contributed by atoms with Gasteiger partial charge in [-0.15, -0.1) is 0 Å². The Morgan fingerprint density at radius 2 is 1.97 bits per heavy atom. The van der Waals surface area contributed by atoms with Crippen LogP contribution in [0.1, 0.15) is 56.3 Å². The minimum Gasteiger partial charge on any atom is -0.396 e. The first kappa shape index (κ1) is 19.9. The normalized spacial score (nSPS) is 24.5. The van der Waals surface area contributed by atoms with E-state index in [-0.39, 0.29) is 18.4 Å². The van der Waals surface area contributed by atoms with Crippen LogP contribution in [0.4, 0.5) is 0 Å². The van der Waals surface area contributed by atoms with Gasteiger partial charge in [-0.25, -0.2) is 0 Å². The van der Waals surface area contributed by atoms with Gasteiger partial charge in [-0.3, -0.25) is 24.3 Å². The Morgan fingerprint density at radius 3 is 2.71 bits per heavy atom. The summed E-state index contributed by atoms with van der Waals surface area (Å²) < 4.78 is 3.82. The van der Waals surface area contributed by atoms with Crippen LogP contribution in [0.2, 0.25) is 0 Å². The van der Waals surface area contributed by atoms with Crippen molar-refractivity contribution in [3.8, 4) is 11.1 Å². The molecule has 1 saturated carbocycles. The predicted octanol–water partition coefficient (Wildman–Crippen LogP) is 2.91. The number of piperidine rings is 1. The highest BCUT2D eigenvalue weighted by Crippen LogP contribution is 2.36. The number of fused-ring (bicyclic) bond motifs is 1. The van der Waals surface area contributed by atoms with Crippen molar-refractivity contribution in [3.63, 3.8) is 0 Å². The smallest absolute Gasteiger partial charge is 0.251 e. The number of aliphatic hydroxyl groups is 1. The van der Waals surface area contributed by atoms with Crippen molar-refractivity contribution in [1.82, 2.24) is 24.9 Å². The monoisotopic (exact) mass is 421 g/mol. The Kier molecular flexibility index (Phi) is 5.09. The van der Waals surface area contributed by atoms with Gasteiger partial charge in [-0.05, 0) is 56.6 Å². The first-order valence-electron chi connectivity index (χ1n) is 11.0. The molecule has 8 heteroatoms. The maximum atomic E-state index is 12.4. The van der Waals surface area contributed by atoms with Crippen LogP contribution in [0.3, 0.4) is 0 Å². The Balaban J connectivity index is 1.48. The average Bonchev–Trinajstić information content (AvgIpc) is 3.39. The highest BCUT2D eigenvalue weighted by atomic mass is 16.3. The van der Waals surface area contributed by atoms with E-state index in [9.17, 15) is 14.7 Å². The van der Waals surface area contributed by atoms with E-state index in [1.165, 1.54) is 0 Å². The number of hydrogen-bond acceptors (Lipinski definition) is 5. The second-order valence-electron chi connectivity index (χ2n) is 8.76. The van der Waals surface area contributed by atoms with Gasteiger partial charge in [-0.1, -0.05) is 12.1 Å². The molecule has 3 heterocycles. The first-order chi connectivity index (χ1) is 15.0. The van der Waals surface area contributed by atoms with E-state index in [4.69, 9.17) is 0 Å². The molecule has 3 aromatic rings. The highest BCUT2D eigenvalue weighted by Gasteiger charge is 2.30. The lowest BCUT2D eigenvalue weighted by Crippen LogP contribution is -2.42. The lowest BCUT2D eigenvalue weighted by atomic mass is 9.87. The molecule has 0 spiro atoms. The minimum absolute atomic E-state index is 0.226. The molecule has 1 aliphatic carbocycles. The van der Waals surface area contributed by atoms with Crippen LogP contribution < -0.4 is 5.32 Å². The number of carbonyl (C=O) groups excluding carboxylic acids is 2. The molecule has 1 atom stereocenters. The zero-order valence-electron chi connectivity index (χ0n) is 17.6. The van der Waals surface area contributed by atoms with Crippen LogP contribution in [0, 0.1) is 12.8 Å². The molecule has 1 saturated heterocycles. The van der Waals surface area contributed by atoms with Crippen LogP contribution in [0.25, 0.3) is 22.0 Å². The van der Waals surface area contributed by atoms with Crippen molar-refractivity contribution >= 4 is 22.7 Å². The second kappa shape index (κ2) is 7.92. The summed E-state index contributed by atoms with van der Waals surface area (Å²) in [4.78, 5) is 24.0. The van der Waals surface area contributed by atoms with Gasteiger partial charge in [0.1, 0.15) is 6.04 Å². The van der Waals surface area contributed by atoms with Gasteiger partial charge in [-0.2, -0.15) is 10.2 Å². The Hall–Kier alpha value is -3.00. The number of hydrogen-bond donors (Lipinski definition) is 2. The molecule has 2 fully saturated rings. The third kappa shape index (κ3) is 3.54. The summed E-state index contributed by atoms with van der Waals surface area (Å²) in [7, 11) is 0. The van der Waals surface area contributed by atoms with Crippen molar-refractivity contribution in [3.05, 3.63) is 36.3 Å². The molecule has 2 amide bonds. The molecule has 1 aromatic carbocycles. The number of carbonyl (C=O) groups is 2. The lowest BCUT2D eigenvalue weighted by molar-refractivity contribution is -0.135. The number of aliphatic hydroxyl groups excluding tert-OH is 1. The summed E-state index contributed by atoms with van der Waals surface area (Å²) in [6, 6.07) is 5.90. The van der Waals surface area contributed by atoms with Gasteiger partial charge in [0.15, 0.2) is 0 Å². The van der Waals surface area contributed by atoms with Crippen molar-refractivity contribution in [1.29, 1.82) is 0 Å². The van der Waals surface area contributed by atoms with Crippen molar-refractivity contribution < 1.29 is 14.7 Å². The lowest BCUT2D eigenvalue weighted by Gasteiger charge is -2.27. The summed E-state index contributed by atoms with van der Waals surface area (Å²) >= 11 is 0. The number of rotatable bonds is 4. The number of amides is 2. The van der Waals surface area contributed by atoms with Gasteiger partial charge < -0.3 is 5.11 Å². The zero-order chi connectivity index (χ0) is 21.5. The maximum absolute atomic E-state index is 12.4. The summed E-state index contributed by atoms with van der Waals surface area (Å²) in [6.07, 6.45) is 8.90. The van der Waals surface area contributed by atoms with E-state index in [0.29, 0.717) is 24.8 Å². The average molecular weight is 422 g/mol. The zero-order valence-corrected chi connectivity index (χ0v) is 17.6. The van der Waals surface area contributed by atoms with Gasteiger partial charge in [0.05, 0.1) is 23.4 Å². The number of nitrogens with one attached hydrogen (secondary N) is 1. The van der Waals surface area contributed by atoms with Gasteiger partial charge in [0.2, 0.25) is 5.91 Å². The number of benzene rings is 1. The van der Waals surface area contributed by atoms with Crippen molar-refractivity contribution in [2.24, 2.45) is 5.92 Å². The number of nitrogens with zero attached hydrogens (tertiary/aromatic N) is 4. The van der Waals surface area contributed by atoms with Crippen LogP contribution in [-0.4, -0.2) is 43.1 Å². The molecule has 1 aliphatic heterocycles. The number of aryl methyl sites for hydroxylation is 1. The fourth-order valence-electron chi connectivity index (χ4n) is 5.04. The molecule has 0 radical (unpaired) electrons. The molecule has 2 aliphatic rings. The molecule has 8 nitrogen and oxygen atoms in total. The van der Waals surface area contributed by atoms with E-state index in [1.807, 2.05) is 25.3 Å².